The zero-order valence-electron chi connectivity index (χ0n) is 6.34. The molecule has 1 aromatic rings. The Kier molecular flexibility index (Phi) is 5.78. The van der Waals surface area contributed by atoms with Gasteiger partial charge in [-0.2, -0.15) is 8.42 Å². The van der Waals surface area contributed by atoms with Crippen LogP contribution in [0.25, 0.3) is 0 Å². The average molecular weight is 226 g/mol. The summed E-state index contributed by atoms with van der Waals surface area (Å²) in [6, 6.07) is 5.50. The van der Waals surface area contributed by atoms with Crippen molar-refractivity contribution in [3.05, 3.63) is 29.8 Å². The van der Waals surface area contributed by atoms with E-state index in [2.05, 4.69) is 4.18 Å². The number of rotatable bonds is 2. The first-order chi connectivity index (χ1) is 6.11. The van der Waals surface area contributed by atoms with Crippen molar-refractivity contribution in [1.82, 2.24) is 0 Å². The van der Waals surface area contributed by atoms with Crippen LogP contribution in [0, 0.1) is 0 Å². The van der Waals surface area contributed by atoms with Gasteiger partial charge in [0.25, 0.3) is 0 Å². The second-order valence-electron chi connectivity index (χ2n) is 2.12. The Balaban J connectivity index is 0.00000169. The fraction of sp³-hybridized carbons (Fsp3) is 0. The molecule has 1 rings (SSSR count). The third kappa shape index (κ3) is 3.67. The van der Waals surface area contributed by atoms with Gasteiger partial charge in [-0.05, 0) is 12.1 Å². The van der Waals surface area contributed by atoms with Crippen LogP contribution in [0.15, 0.2) is 24.3 Å². The molecule has 0 spiro atoms. The number of carbonyl (C=O) groups excluding carboxylic acids is 1. The molecular weight excluding hydrogens is 219 g/mol. The number of phenols is 1. The van der Waals surface area contributed by atoms with Gasteiger partial charge >= 0.3 is 46.5 Å². The quantitative estimate of drug-likeness (QED) is 0.521. The number of aromatic hydroxyl groups is 1. The molecule has 7 heteroatoms. The number of para-hydroxylation sites is 1. The van der Waals surface area contributed by atoms with Gasteiger partial charge in [-0.15, -0.1) is 0 Å². The summed E-state index contributed by atoms with van der Waals surface area (Å²) in [6.07, 6.45) is 0. The van der Waals surface area contributed by atoms with Crippen molar-refractivity contribution in [1.29, 1.82) is 0 Å². The molecule has 0 aliphatic carbocycles. The zero-order valence-corrected chi connectivity index (χ0v) is 7.23. The van der Waals surface area contributed by atoms with Crippen molar-refractivity contribution in [2.45, 2.75) is 0 Å². The van der Waals surface area contributed by atoms with Gasteiger partial charge in [-0.3, -0.25) is 0 Å². The van der Waals surface area contributed by atoms with Gasteiger partial charge in [0.2, 0.25) is 0 Å². The van der Waals surface area contributed by atoms with E-state index in [1.807, 2.05) is 0 Å². The Labute approximate surface area is 104 Å². The Morgan fingerprint density at radius 3 is 2.36 bits per heavy atom. The summed E-state index contributed by atoms with van der Waals surface area (Å²) < 4.78 is 23.9. The molecule has 5 nitrogen and oxygen atoms in total. The van der Waals surface area contributed by atoms with Crippen molar-refractivity contribution >= 4 is 46.5 Å². The molecule has 1 aromatic carbocycles. The van der Waals surface area contributed by atoms with Crippen molar-refractivity contribution in [2.75, 3.05) is 0 Å². The molecule has 72 valence electrons. The molecule has 0 bridgehead atoms. The SMILES string of the molecule is O=C(O[SH](=O)=O)c1ccccc1O.[NaH]. The molecule has 0 aliphatic rings. The molecule has 0 unspecified atom stereocenters. The first-order valence-corrected chi connectivity index (χ1v) is 4.35. The van der Waals surface area contributed by atoms with Crippen LogP contribution in [0.5, 0.6) is 5.75 Å². The summed E-state index contributed by atoms with van der Waals surface area (Å²) in [4.78, 5) is 10.9. The van der Waals surface area contributed by atoms with E-state index in [1.54, 1.807) is 0 Å². The second-order valence-corrected chi connectivity index (χ2v) is 2.75. The van der Waals surface area contributed by atoms with Gasteiger partial charge in [0.1, 0.15) is 11.3 Å². The van der Waals surface area contributed by atoms with Crippen LogP contribution in [0.4, 0.5) is 0 Å². The minimum atomic E-state index is -3.24. The minimum absolute atomic E-state index is 0. The zero-order chi connectivity index (χ0) is 9.84. The maximum atomic E-state index is 10.9. The third-order valence-electron chi connectivity index (χ3n) is 1.28. The van der Waals surface area contributed by atoms with Crippen molar-refractivity contribution in [2.24, 2.45) is 0 Å². The van der Waals surface area contributed by atoms with Gasteiger partial charge in [0, 0.05) is 0 Å². The first kappa shape index (κ1) is 13.4. The topological polar surface area (TPSA) is 80.7 Å². The molecular formula is C7H7NaO5S. The maximum absolute atomic E-state index is 10.9. The normalized spacial score (nSPS) is 9.21. The molecule has 0 saturated heterocycles. The summed E-state index contributed by atoms with van der Waals surface area (Å²) in [5.41, 5.74) is -0.179. The number of phenolic OH excluding ortho intramolecular Hbond substituents is 1. The van der Waals surface area contributed by atoms with Crippen LogP contribution < -0.4 is 0 Å². The number of thiol groups is 1. The fourth-order valence-electron chi connectivity index (χ4n) is 0.763. The van der Waals surface area contributed by atoms with E-state index in [-0.39, 0.29) is 40.9 Å². The number of hydrogen-bond donors (Lipinski definition) is 2. The molecule has 0 aromatic heterocycles. The Morgan fingerprint density at radius 2 is 1.86 bits per heavy atom. The molecule has 0 atom stereocenters. The molecule has 0 saturated carbocycles. The number of benzene rings is 1. The van der Waals surface area contributed by atoms with Crippen LogP contribution in [0.2, 0.25) is 0 Å². The molecule has 0 fully saturated rings. The molecule has 0 aliphatic heterocycles. The molecule has 1 N–H and O–H groups in total. The second kappa shape index (κ2) is 6.02. The van der Waals surface area contributed by atoms with Crippen LogP contribution in [-0.4, -0.2) is 49.1 Å². The average Bonchev–Trinajstić information content (AvgIpc) is 2.03. The predicted octanol–water partition coefficient (Wildman–Crippen LogP) is -0.573. The van der Waals surface area contributed by atoms with Crippen LogP contribution in [0.1, 0.15) is 10.4 Å². The van der Waals surface area contributed by atoms with Gasteiger partial charge < -0.3 is 9.29 Å². The van der Waals surface area contributed by atoms with E-state index in [0.29, 0.717) is 0 Å². The van der Waals surface area contributed by atoms with Gasteiger partial charge in [-0.1, -0.05) is 12.1 Å². The van der Waals surface area contributed by atoms with Crippen LogP contribution in [-0.2, 0) is 15.2 Å². The van der Waals surface area contributed by atoms with Crippen LogP contribution in [0.3, 0.4) is 0 Å². The standard InChI is InChI=1S/C7H6O5S.Na.H/c8-6-4-2-1-3-5(6)7(9)12-13(10)11;;/h1-4,8,13H;;. The summed E-state index contributed by atoms with van der Waals surface area (Å²) in [6.45, 7) is 0. The van der Waals surface area contributed by atoms with Crippen molar-refractivity contribution in [3.8, 4) is 5.75 Å². The first-order valence-electron chi connectivity index (χ1n) is 3.26. The summed E-state index contributed by atoms with van der Waals surface area (Å²) in [5, 5.41) is 9.10. The number of carbonyl (C=O) groups is 1. The summed E-state index contributed by atoms with van der Waals surface area (Å²) >= 11 is 0. The summed E-state index contributed by atoms with van der Waals surface area (Å²) in [5.74, 6) is -1.40. The van der Waals surface area contributed by atoms with Gasteiger partial charge in [0.15, 0.2) is 0 Å². The molecule has 0 heterocycles. The monoisotopic (exact) mass is 226 g/mol. The van der Waals surface area contributed by atoms with E-state index in [4.69, 9.17) is 5.11 Å². The predicted molar refractivity (Wildman–Crippen MR) is 51.0 cm³/mol. The van der Waals surface area contributed by atoms with E-state index >= 15 is 0 Å². The Morgan fingerprint density at radius 1 is 1.29 bits per heavy atom. The van der Waals surface area contributed by atoms with Gasteiger partial charge in [-0.25, -0.2) is 4.79 Å². The van der Waals surface area contributed by atoms with E-state index in [1.165, 1.54) is 24.3 Å². The van der Waals surface area contributed by atoms with E-state index < -0.39 is 17.0 Å². The van der Waals surface area contributed by atoms with E-state index in [9.17, 15) is 13.2 Å². The van der Waals surface area contributed by atoms with E-state index in [0.717, 1.165) is 0 Å². The van der Waals surface area contributed by atoms with Crippen LogP contribution >= 0.6 is 0 Å². The van der Waals surface area contributed by atoms with Gasteiger partial charge in [0.05, 0.1) is 0 Å². The molecule has 0 radical (unpaired) electrons. The molecule has 0 amide bonds. The Bertz CT molecular complexity index is 393. The third-order valence-corrected chi connectivity index (χ3v) is 1.60. The van der Waals surface area contributed by atoms with Crippen molar-refractivity contribution < 1.29 is 22.5 Å². The van der Waals surface area contributed by atoms with Crippen molar-refractivity contribution in [3.63, 3.8) is 0 Å². The Hall–Kier alpha value is -0.560. The number of hydrogen-bond acceptors (Lipinski definition) is 5. The fourth-order valence-corrected chi connectivity index (χ4v) is 0.997. The summed E-state index contributed by atoms with van der Waals surface area (Å²) in [7, 11) is -3.24. The molecule has 14 heavy (non-hydrogen) atoms.